The summed E-state index contributed by atoms with van der Waals surface area (Å²) in [5, 5.41) is 12.9. The van der Waals surface area contributed by atoms with Gasteiger partial charge in [-0.05, 0) is 50.6 Å². The van der Waals surface area contributed by atoms with E-state index in [1.807, 2.05) is 13.0 Å². The summed E-state index contributed by atoms with van der Waals surface area (Å²) in [6.45, 7) is 6.15. The van der Waals surface area contributed by atoms with Crippen LogP contribution in [0, 0.1) is 13.8 Å². The van der Waals surface area contributed by atoms with Gasteiger partial charge in [-0.3, -0.25) is 4.79 Å². The number of primary sulfonamides is 1. The van der Waals surface area contributed by atoms with Gasteiger partial charge >= 0.3 is 0 Å². The molecule has 1 heterocycles. The van der Waals surface area contributed by atoms with Gasteiger partial charge in [0.25, 0.3) is 5.91 Å². The zero-order valence-electron chi connectivity index (χ0n) is 17.8. The molecule has 0 fully saturated rings. The fraction of sp³-hybridized carbons (Fsp3) is 0.273. The van der Waals surface area contributed by atoms with Crippen LogP contribution in [0.3, 0.4) is 0 Å². The first-order chi connectivity index (χ1) is 14.7. The van der Waals surface area contributed by atoms with Crippen LogP contribution in [0.15, 0.2) is 53.4 Å². The average molecular weight is 443 g/mol. The molecule has 31 heavy (non-hydrogen) atoms. The second kappa shape index (κ2) is 9.32. The predicted molar refractivity (Wildman–Crippen MR) is 119 cm³/mol. The lowest BCUT2D eigenvalue weighted by molar-refractivity contribution is 0.0942. The largest absolute Gasteiger partial charge is 0.454 e. The van der Waals surface area contributed by atoms with Gasteiger partial charge < -0.3 is 10.1 Å². The molecule has 0 atom stereocenters. The molecule has 0 saturated heterocycles. The molecule has 2 aromatic carbocycles. The first kappa shape index (κ1) is 22.5. The molecule has 164 valence electrons. The lowest BCUT2D eigenvalue weighted by Gasteiger charge is -2.18. The highest BCUT2D eigenvalue weighted by Crippen LogP contribution is 2.37. The smallest absolute Gasteiger partial charge is 0.278 e. The Balaban J connectivity index is 2.16. The van der Waals surface area contributed by atoms with E-state index < -0.39 is 15.9 Å². The van der Waals surface area contributed by atoms with Gasteiger partial charge in [0.05, 0.1) is 11.4 Å². The summed E-state index contributed by atoms with van der Waals surface area (Å²) in [5.74, 6) is 0.0404. The SMILES string of the molecule is CCCCNc1cc(C(=O)n2nc(C)cc2C)cc(S(N)(=O)=O)c1Oc1ccccc1. The van der Waals surface area contributed by atoms with Gasteiger partial charge in [0.2, 0.25) is 10.0 Å². The highest BCUT2D eigenvalue weighted by atomic mass is 32.2. The van der Waals surface area contributed by atoms with Gasteiger partial charge in [-0.2, -0.15) is 5.10 Å². The lowest BCUT2D eigenvalue weighted by atomic mass is 10.1. The molecule has 0 radical (unpaired) electrons. The van der Waals surface area contributed by atoms with Crippen molar-refractivity contribution in [3.8, 4) is 11.5 Å². The number of nitrogens with zero attached hydrogens (tertiary/aromatic N) is 2. The van der Waals surface area contributed by atoms with E-state index in [0.717, 1.165) is 12.8 Å². The topological polar surface area (TPSA) is 116 Å². The second-order valence-corrected chi connectivity index (χ2v) is 8.77. The molecule has 3 aromatic rings. The molecule has 0 amide bonds. The number of anilines is 1. The molecule has 1 aromatic heterocycles. The van der Waals surface area contributed by atoms with Gasteiger partial charge in [-0.15, -0.1) is 0 Å². The van der Waals surface area contributed by atoms with Crippen LogP contribution in [0.5, 0.6) is 11.5 Å². The molecule has 3 rings (SSSR count). The van der Waals surface area contributed by atoms with Crippen molar-refractivity contribution in [1.82, 2.24) is 9.78 Å². The number of para-hydroxylation sites is 1. The summed E-state index contributed by atoms with van der Waals surface area (Å²) in [7, 11) is -4.20. The number of rotatable bonds is 8. The van der Waals surface area contributed by atoms with E-state index in [2.05, 4.69) is 10.4 Å². The fourth-order valence-corrected chi connectivity index (χ4v) is 3.84. The number of benzene rings is 2. The minimum absolute atomic E-state index is 0.0507. The number of carbonyl (C=O) groups excluding carboxylic acids is 1. The van der Waals surface area contributed by atoms with Crippen molar-refractivity contribution in [3.05, 3.63) is 65.5 Å². The van der Waals surface area contributed by atoms with Crippen LogP contribution >= 0.6 is 0 Å². The molecule has 9 heteroatoms. The number of hydrogen-bond acceptors (Lipinski definition) is 6. The highest BCUT2D eigenvalue weighted by molar-refractivity contribution is 7.89. The van der Waals surface area contributed by atoms with Crippen molar-refractivity contribution < 1.29 is 17.9 Å². The molecule has 0 unspecified atom stereocenters. The molecule has 0 spiro atoms. The van der Waals surface area contributed by atoms with Crippen molar-refractivity contribution >= 4 is 21.6 Å². The summed E-state index contributed by atoms with van der Waals surface area (Å²) in [5.41, 5.74) is 1.83. The Bertz CT molecular complexity index is 1190. The Labute approximate surface area is 182 Å². The Hall–Kier alpha value is -3.17. The standard InChI is InChI=1S/C22H26N4O4S/c1-4-5-11-24-19-13-17(22(27)26-16(3)12-15(2)25-26)14-20(31(23,28)29)21(19)30-18-9-7-6-8-10-18/h6-10,12-14,24H,4-5,11H2,1-3H3,(H2,23,28,29). The van der Waals surface area contributed by atoms with Crippen LogP contribution < -0.4 is 15.2 Å². The van der Waals surface area contributed by atoms with Gasteiger partial charge in [-0.1, -0.05) is 31.5 Å². The first-order valence-electron chi connectivity index (χ1n) is 9.96. The van der Waals surface area contributed by atoms with Crippen molar-refractivity contribution in [2.75, 3.05) is 11.9 Å². The van der Waals surface area contributed by atoms with E-state index in [1.165, 1.54) is 10.7 Å². The molecule has 0 aliphatic heterocycles. The molecule has 0 aliphatic carbocycles. The van der Waals surface area contributed by atoms with E-state index >= 15 is 0 Å². The van der Waals surface area contributed by atoms with Gasteiger partial charge in [0.15, 0.2) is 5.75 Å². The Kier molecular flexibility index (Phi) is 6.77. The zero-order chi connectivity index (χ0) is 22.6. The number of aromatic nitrogens is 2. The van der Waals surface area contributed by atoms with Crippen LogP contribution in [0.2, 0.25) is 0 Å². The van der Waals surface area contributed by atoms with E-state index in [-0.39, 0.29) is 16.2 Å². The number of nitrogens with two attached hydrogens (primary N) is 1. The molecule has 3 N–H and O–H groups in total. The minimum Gasteiger partial charge on any atom is -0.454 e. The summed E-state index contributed by atoms with van der Waals surface area (Å²) in [6, 6.07) is 13.4. The Morgan fingerprint density at radius 3 is 2.45 bits per heavy atom. The average Bonchev–Trinajstić information content (AvgIpc) is 3.06. The second-order valence-electron chi connectivity index (χ2n) is 7.24. The number of nitrogens with one attached hydrogen (secondary N) is 1. The molecular formula is C22H26N4O4S. The third-order valence-electron chi connectivity index (χ3n) is 4.62. The summed E-state index contributed by atoms with van der Waals surface area (Å²) in [6.07, 6.45) is 1.79. The molecule has 8 nitrogen and oxygen atoms in total. The Morgan fingerprint density at radius 2 is 1.87 bits per heavy atom. The lowest BCUT2D eigenvalue weighted by Crippen LogP contribution is -2.19. The normalized spacial score (nSPS) is 11.4. The Morgan fingerprint density at radius 1 is 1.16 bits per heavy atom. The van der Waals surface area contributed by atoms with Crippen molar-refractivity contribution in [3.63, 3.8) is 0 Å². The number of carbonyl (C=O) groups is 1. The number of sulfonamides is 1. The van der Waals surface area contributed by atoms with Crippen LogP contribution in [-0.4, -0.2) is 30.7 Å². The summed E-state index contributed by atoms with van der Waals surface area (Å²) >= 11 is 0. The van der Waals surface area contributed by atoms with Crippen molar-refractivity contribution in [2.24, 2.45) is 5.14 Å². The molecular weight excluding hydrogens is 416 g/mol. The quantitative estimate of drug-likeness (QED) is 0.512. The molecule has 0 aliphatic rings. The maximum atomic E-state index is 13.1. The predicted octanol–water partition coefficient (Wildman–Crippen LogP) is 3.84. The van der Waals surface area contributed by atoms with E-state index in [9.17, 15) is 13.2 Å². The van der Waals surface area contributed by atoms with Crippen LogP contribution in [-0.2, 0) is 10.0 Å². The summed E-state index contributed by atoms with van der Waals surface area (Å²) in [4.78, 5) is 12.8. The first-order valence-corrected chi connectivity index (χ1v) is 11.5. The zero-order valence-corrected chi connectivity index (χ0v) is 18.6. The van der Waals surface area contributed by atoms with E-state index in [4.69, 9.17) is 9.88 Å². The third-order valence-corrected chi connectivity index (χ3v) is 5.54. The molecule has 0 saturated carbocycles. The van der Waals surface area contributed by atoms with E-state index in [0.29, 0.717) is 29.4 Å². The monoisotopic (exact) mass is 442 g/mol. The summed E-state index contributed by atoms with van der Waals surface area (Å²) < 4.78 is 32.0. The third kappa shape index (κ3) is 5.31. The van der Waals surface area contributed by atoms with Crippen LogP contribution in [0.25, 0.3) is 0 Å². The molecule has 0 bridgehead atoms. The number of unbranched alkanes of at least 4 members (excludes halogenated alkanes) is 1. The van der Waals surface area contributed by atoms with Gasteiger partial charge in [0, 0.05) is 17.8 Å². The van der Waals surface area contributed by atoms with Crippen LogP contribution in [0.4, 0.5) is 5.69 Å². The van der Waals surface area contributed by atoms with E-state index in [1.54, 1.807) is 50.2 Å². The number of ether oxygens (including phenoxy) is 1. The van der Waals surface area contributed by atoms with Gasteiger partial charge in [0.1, 0.15) is 10.6 Å². The maximum Gasteiger partial charge on any atom is 0.278 e. The maximum absolute atomic E-state index is 13.1. The fourth-order valence-electron chi connectivity index (χ4n) is 3.14. The van der Waals surface area contributed by atoms with Gasteiger partial charge in [-0.25, -0.2) is 18.2 Å². The number of hydrogen-bond donors (Lipinski definition) is 2. The van der Waals surface area contributed by atoms with Crippen LogP contribution in [0.1, 0.15) is 41.5 Å². The highest BCUT2D eigenvalue weighted by Gasteiger charge is 2.25. The minimum atomic E-state index is -4.20. The van der Waals surface area contributed by atoms with Crippen molar-refractivity contribution in [2.45, 2.75) is 38.5 Å². The van der Waals surface area contributed by atoms with Crippen molar-refractivity contribution in [1.29, 1.82) is 0 Å². The number of aryl methyl sites for hydroxylation is 2.